The molecule has 0 saturated heterocycles. The maximum atomic E-state index is 10.3. The molecule has 0 saturated carbocycles. The van der Waals surface area contributed by atoms with Crippen LogP contribution < -0.4 is 9.47 Å². The van der Waals surface area contributed by atoms with E-state index >= 15 is 0 Å². The SMILES string of the molecule is CC(O)COc1ccc(CC(C)O)cc1C(C)(C)C1(c2cc(CC(C)O)ccc2OCC(C)O)C=Cc2ccccc21. The highest BCUT2D eigenvalue weighted by Crippen LogP contribution is 2.57. The van der Waals surface area contributed by atoms with E-state index in [0.717, 1.165) is 33.4 Å². The van der Waals surface area contributed by atoms with Gasteiger partial charge in [-0.15, -0.1) is 0 Å². The summed E-state index contributed by atoms with van der Waals surface area (Å²) < 4.78 is 12.5. The van der Waals surface area contributed by atoms with Gasteiger partial charge in [0.1, 0.15) is 24.7 Å². The smallest absolute Gasteiger partial charge is 0.123 e. The molecule has 1 aliphatic rings. The van der Waals surface area contributed by atoms with E-state index in [4.69, 9.17) is 9.47 Å². The maximum absolute atomic E-state index is 10.3. The first-order valence-corrected chi connectivity index (χ1v) is 14.9. The third-order valence-corrected chi connectivity index (χ3v) is 8.09. The molecule has 3 aromatic rings. The van der Waals surface area contributed by atoms with Gasteiger partial charge in [-0.3, -0.25) is 0 Å². The van der Waals surface area contributed by atoms with Crippen molar-refractivity contribution >= 4 is 6.08 Å². The maximum Gasteiger partial charge on any atom is 0.123 e. The highest BCUT2D eigenvalue weighted by molar-refractivity contribution is 5.73. The van der Waals surface area contributed by atoms with Crippen LogP contribution in [0.3, 0.4) is 0 Å². The summed E-state index contributed by atoms with van der Waals surface area (Å²) in [5.41, 5.74) is 4.64. The van der Waals surface area contributed by atoms with Crippen LogP contribution in [0, 0.1) is 0 Å². The van der Waals surface area contributed by atoms with Crippen molar-refractivity contribution in [3.8, 4) is 11.5 Å². The van der Waals surface area contributed by atoms with Crippen molar-refractivity contribution < 1.29 is 29.9 Å². The zero-order valence-electron chi connectivity index (χ0n) is 25.7. The molecule has 5 unspecified atom stereocenters. The standard InChI is InChI=1S/C36H46O6/c1-23(37)17-27-11-13-33(41-21-25(3)39)31(19-27)35(5,6)36(16-15-29-9-7-8-10-30(29)36)32-20-28(18-24(2)38)12-14-34(32)42-22-26(4)40/h7-16,19-20,23-26,37-40H,17-18,21-22H2,1-6H3. The van der Waals surface area contributed by atoms with E-state index in [-0.39, 0.29) is 13.2 Å². The number of aliphatic hydroxyl groups excluding tert-OH is 4. The van der Waals surface area contributed by atoms with E-state index in [9.17, 15) is 20.4 Å². The summed E-state index contributed by atoms with van der Waals surface area (Å²) >= 11 is 0. The Morgan fingerprint density at radius 2 is 1.21 bits per heavy atom. The number of ether oxygens (including phenoxy) is 2. The number of rotatable bonds is 13. The molecule has 0 fully saturated rings. The van der Waals surface area contributed by atoms with Crippen LogP contribution in [0.2, 0.25) is 0 Å². The fraction of sp³-hybridized carbons (Fsp3) is 0.444. The third-order valence-electron chi connectivity index (χ3n) is 8.09. The van der Waals surface area contributed by atoms with E-state index < -0.39 is 35.2 Å². The second kappa shape index (κ2) is 13.0. The largest absolute Gasteiger partial charge is 0.491 e. The van der Waals surface area contributed by atoms with E-state index in [0.29, 0.717) is 24.3 Å². The predicted octanol–water partition coefficient (Wildman–Crippen LogP) is 5.34. The molecule has 4 rings (SSSR count). The quantitative estimate of drug-likeness (QED) is 0.220. The van der Waals surface area contributed by atoms with Crippen molar-refractivity contribution in [3.05, 3.63) is 100 Å². The van der Waals surface area contributed by atoms with E-state index in [1.54, 1.807) is 27.7 Å². The van der Waals surface area contributed by atoms with Crippen LogP contribution in [-0.2, 0) is 23.7 Å². The summed E-state index contributed by atoms with van der Waals surface area (Å²) in [6.07, 6.45) is 3.03. The monoisotopic (exact) mass is 574 g/mol. The number of hydrogen-bond donors (Lipinski definition) is 4. The van der Waals surface area contributed by atoms with E-state index in [1.807, 2.05) is 36.4 Å². The summed E-state index contributed by atoms with van der Waals surface area (Å²) in [6.45, 7) is 11.6. The van der Waals surface area contributed by atoms with Crippen LogP contribution in [0.4, 0.5) is 0 Å². The molecule has 0 aromatic heterocycles. The molecule has 42 heavy (non-hydrogen) atoms. The Kier molecular flexibility index (Phi) is 9.84. The van der Waals surface area contributed by atoms with Crippen molar-refractivity contribution in [2.45, 2.75) is 89.6 Å². The second-order valence-electron chi connectivity index (χ2n) is 12.4. The molecule has 0 amide bonds. The van der Waals surface area contributed by atoms with Crippen LogP contribution in [0.1, 0.15) is 74.9 Å². The van der Waals surface area contributed by atoms with Gasteiger partial charge in [-0.1, -0.05) is 74.5 Å². The lowest BCUT2D eigenvalue weighted by Crippen LogP contribution is -2.45. The summed E-state index contributed by atoms with van der Waals surface area (Å²) in [6, 6.07) is 20.4. The summed E-state index contributed by atoms with van der Waals surface area (Å²) in [7, 11) is 0. The molecule has 3 aromatic carbocycles. The Labute approximate surface area is 250 Å². The summed E-state index contributed by atoms with van der Waals surface area (Å²) in [5.74, 6) is 1.32. The Hall–Kier alpha value is -3.16. The molecule has 6 nitrogen and oxygen atoms in total. The van der Waals surface area contributed by atoms with Gasteiger partial charge < -0.3 is 29.9 Å². The molecule has 226 valence electrons. The van der Waals surface area contributed by atoms with E-state index in [2.05, 4.69) is 50.3 Å². The topological polar surface area (TPSA) is 99.4 Å². The molecule has 6 heteroatoms. The minimum Gasteiger partial charge on any atom is -0.491 e. The van der Waals surface area contributed by atoms with Crippen LogP contribution in [-0.4, -0.2) is 58.1 Å². The average molecular weight is 575 g/mol. The first-order chi connectivity index (χ1) is 19.8. The number of benzene rings is 3. The number of hydrogen-bond acceptors (Lipinski definition) is 6. The Morgan fingerprint density at radius 1 is 0.667 bits per heavy atom. The van der Waals surface area contributed by atoms with Gasteiger partial charge in [0.25, 0.3) is 0 Å². The van der Waals surface area contributed by atoms with E-state index in [1.165, 1.54) is 0 Å². The van der Waals surface area contributed by atoms with Gasteiger partial charge in [0, 0.05) is 16.5 Å². The summed E-state index contributed by atoms with van der Waals surface area (Å²) in [4.78, 5) is 0. The second-order valence-corrected chi connectivity index (χ2v) is 12.4. The first-order valence-electron chi connectivity index (χ1n) is 14.9. The first kappa shape index (κ1) is 31.8. The molecule has 0 bridgehead atoms. The van der Waals surface area contributed by atoms with Gasteiger partial charge in [-0.2, -0.15) is 0 Å². The number of aliphatic hydroxyl groups is 4. The highest BCUT2D eigenvalue weighted by atomic mass is 16.5. The lowest BCUT2D eigenvalue weighted by molar-refractivity contribution is 0.119. The third kappa shape index (κ3) is 6.57. The highest BCUT2D eigenvalue weighted by Gasteiger charge is 2.52. The zero-order valence-corrected chi connectivity index (χ0v) is 25.7. The zero-order chi connectivity index (χ0) is 30.7. The molecular formula is C36H46O6. The lowest BCUT2D eigenvalue weighted by atomic mass is 9.56. The minimum absolute atomic E-state index is 0.136. The van der Waals surface area contributed by atoms with Gasteiger partial charge in [0.05, 0.1) is 29.8 Å². The van der Waals surface area contributed by atoms with Crippen LogP contribution >= 0.6 is 0 Å². The molecule has 0 heterocycles. The minimum atomic E-state index is -0.737. The van der Waals surface area contributed by atoms with Crippen molar-refractivity contribution in [2.24, 2.45) is 0 Å². The normalized spacial score (nSPS) is 19.2. The number of fused-ring (bicyclic) bond motifs is 1. The van der Waals surface area contributed by atoms with Gasteiger partial charge >= 0.3 is 0 Å². The van der Waals surface area contributed by atoms with Crippen LogP contribution in [0.15, 0.2) is 66.7 Å². The van der Waals surface area contributed by atoms with Gasteiger partial charge in [0.2, 0.25) is 0 Å². The Balaban J connectivity index is 2.03. The molecule has 0 spiro atoms. The molecule has 1 aliphatic carbocycles. The van der Waals surface area contributed by atoms with Gasteiger partial charge in [-0.25, -0.2) is 0 Å². The fourth-order valence-corrected chi connectivity index (χ4v) is 6.19. The molecule has 5 atom stereocenters. The van der Waals surface area contributed by atoms with Crippen molar-refractivity contribution in [1.82, 2.24) is 0 Å². The lowest BCUT2D eigenvalue weighted by Gasteiger charge is -2.46. The van der Waals surface area contributed by atoms with Crippen molar-refractivity contribution in [3.63, 3.8) is 0 Å². The predicted molar refractivity (Wildman–Crippen MR) is 167 cm³/mol. The number of allylic oxidation sites excluding steroid dienone is 1. The van der Waals surface area contributed by atoms with Gasteiger partial charge in [-0.05, 0) is 74.9 Å². The van der Waals surface area contributed by atoms with Crippen LogP contribution in [0.25, 0.3) is 6.08 Å². The van der Waals surface area contributed by atoms with Gasteiger partial charge in [0.15, 0.2) is 0 Å². The molecule has 0 radical (unpaired) electrons. The Morgan fingerprint density at radius 3 is 1.81 bits per heavy atom. The molecule has 4 N–H and O–H groups in total. The molecular weight excluding hydrogens is 528 g/mol. The van der Waals surface area contributed by atoms with Crippen LogP contribution in [0.5, 0.6) is 11.5 Å². The van der Waals surface area contributed by atoms with Crippen molar-refractivity contribution in [1.29, 1.82) is 0 Å². The fourth-order valence-electron chi connectivity index (χ4n) is 6.19. The molecule has 0 aliphatic heterocycles. The Bertz CT molecular complexity index is 1390. The average Bonchev–Trinajstić information content (AvgIpc) is 3.32. The summed E-state index contributed by atoms with van der Waals surface area (Å²) in [5, 5.41) is 40.7. The van der Waals surface area contributed by atoms with Crippen molar-refractivity contribution in [2.75, 3.05) is 13.2 Å².